The summed E-state index contributed by atoms with van der Waals surface area (Å²) in [7, 11) is 3.21. The summed E-state index contributed by atoms with van der Waals surface area (Å²) in [6.07, 6.45) is -0.581. The van der Waals surface area contributed by atoms with Crippen molar-refractivity contribution in [2.24, 2.45) is 14.1 Å². The Kier molecular flexibility index (Phi) is 4.76. The molecule has 174 valence electrons. The van der Waals surface area contributed by atoms with Crippen molar-refractivity contribution in [2.45, 2.75) is 13.0 Å². The third-order valence-electron chi connectivity index (χ3n) is 6.68. The van der Waals surface area contributed by atoms with Gasteiger partial charge in [-0.1, -0.05) is 65.7 Å². The van der Waals surface area contributed by atoms with Gasteiger partial charge in [0.1, 0.15) is 5.75 Å². The lowest BCUT2D eigenvalue weighted by atomic mass is 10.0. The fourth-order valence-electron chi connectivity index (χ4n) is 4.99. The minimum absolute atomic E-state index is 0.345. The molecule has 0 saturated heterocycles. The molecule has 0 N–H and O–H groups in total. The lowest BCUT2D eigenvalue weighted by Crippen LogP contribution is -2.37. The number of hydrogen-bond donors (Lipinski definition) is 0. The van der Waals surface area contributed by atoms with Crippen molar-refractivity contribution in [2.75, 3.05) is 0 Å². The normalized spacial score (nSPS) is 14.5. The summed E-state index contributed by atoms with van der Waals surface area (Å²) in [5.41, 5.74) is 4.89. The van der Waals surface area contributed by atoms with Crippen LogP contribution in [0, 0.1) is 6.92 Å². The van der Waals surface area contributed by atoms with Crippen LogP contribution in [-0.4, -0.2) is 13.7 Å². The van der Waals surface area contributed by atoms with E-state index in [4.69, 9.17) is 16.3 Å². The first-order valence-electron chi connectivity index (χ1n) is 11.3. The molecule has 3 aromatic carbocycles. The second-order valence-corrected chi connectivity index (χ2v) is 9.32. The SMILES string of the molecule is Cc1ccc(-c2c3c(=O)n(C)c(=O)n(C)c3c3n2-c2ccccc2OC3c2cccc(Cl)c2)cc1. The molecule has 6 rings (SSSR count). The Balaban J connectivity index is 1.86. The second kappa shape index (κ2) is 7.75. The number of rotatable bonds is 2. The van der Waals surface area contributed by atoms with Crippen LogP contribution in [0.15, 0.2) is 82.4 Å². The number of halogens is 1. The van der Waals surface area contributed by atoms with Gasteiger partial charge < -0.3 is 9.30 Å². The molecule has 0 spiro atoms. The second-order valence-electron chi connectivity index (χ2n) is 8.89. The van der Waals surface area contributed by atoms with Crippen LogP contribution in [0.5, 0.6) is 5.75 Å². The largest absolute Gasteiger partial charge is 0.477 e. The smallest absolute Gasteiger partial charge is 0.331 e. The zero-order valence-electron chi connectivity index (χ0n) is 19.4. The van der Waals surface area contributed by atoms with Gasteiger partial charge in [-0.25, -0.2) is 4.79 Å². The van der Waals surface area contributed by atoms with Crippen molar-refractivity contribution >= 4 is 22.5 Å². The zero-order valence-corrected chi connectivity index (χ0v) is 20.2. The molecular weight excluding hydrogens is 462 g/mol. The lowest BCUT2D eigenvalue weighted by Gasteiger charge is -2.30. The molecule has 7 heteroatoms. The first kappa shape index (κ1) is 21.5. The summed E-state index contributed by atoms with van der Waals surface area (Å²) in [6.45, 7) is 2.02. The molecule has 1 atom stereocenters. The number of para-hydroxylation sites is 2. The van der Waals surface area contributed by atoms with E-state index in [9.17, 15) is 9.59 Å². The van der Waals surface area contributed by atoms with Crippen LogP contribution in [0.2, 0.25) is 5.02 Å². The Morgan fingerprint density at radius 1 is 0.886 bits per heavy atom. The number of ether oxygens (including phenoxy) is 1. The third-order valence-corrected chi connectivity index (χ3v) is 6.92. The van der Waals surface area contributed by atoms with Gasteiger partial charge >= 0.3 is 5.69 Å². The summed E-state index contributed by atoms with van der Waals surface area (Å²) in [5.74, 6) is 0.681. The van der Waals surface area contributed by atoms with Crippen LogP contribution in [0.25, 0.3) is 27.8 Å². The van der Waals surface area contributed by atoms with Crippen LogP contribution in [-0.2, 0) is 14.1 Å². The third kappa shape index (κ3) is 3.10. The maximum Gasteiger partial charge on any atom is 0.331 e. The topological polar surface area (TPSA) is 58.2 Å². The van der Waals surface area contributed by atoms with Gasteiger partial charge in [0.25, 0.3) is 5.56 Å². The summed E-state index contributed by atoms with van der Waals surface area (Å²) < 4.78 is 11.3. The van der Waals surface area contributed by atoms with Gasteiger partial charge in [-0.05, 0) is 42.3 Å². The lowest BCUT2D eigenvalue weighted by molar-refractivity contribution is 0.229. The maximum atomic E-state index is 13.7. The monoisotopic (exact) mass is 483 g/mol. The van der Waals surface area contributed by atoms with Crippen LogP contribution >= 0.6 is 11.6 Å². The van der Waals surface area contributed by atoms with Gasteiger partial charge in [-0.3, -0.25) is 13.9 Å². The molecule has 0 radical (unpaired) electrons. The highest BCUT2D eigenvalue weighted by atomic mass is 35.5. The van der Waals surface area contributed by atoms with Crippen molar-refractivity contribution in [1.29, 1.82) is 0 Å². The van der Waals surface area contributed by atoms with E-state index in [0.717, 1.165) is 32.6 Å². The Morgan fingerprint density at radius 3 is 2.37 bits per heavy atom. The summed E-state index contributed by atoms with van der Waals surface area (Å²) in [5, 5.41) is 1.05. The van der Waals surface area contributed by atoms with Crippen LogP contribution < -0.4 is 16.0 Å². The number of fused-ring (bicyclic) bond motifs is 5. The van der Waals surface area contributed by atoms with Crippen LogP contribution in [0.4, 0.5) is 0 Å². The molecule has 5 aromatic rings. The average molecular weight is 484 g/mol. The standard InChI is InChI=1S/C28H22ClN3O3/c1-16-11-13-17(14-12-16)23-22-24(30(2)28(34)31(3)27(22)33)25-26(18-7-6-8-19(29)15-18)35-21-10-5-4-9-20(21)32(23)25/h4-15,26H,1-3H3. The summed E-state index contributed by atoms with van der Waals surface area (Å²) in [4.78, 5) is 26.7. The highest BCUT2D eigenvalue weighted by Gasteiger charge is 2.36. The Bertz CT molecular complexity index is 1760. The van der Waals surface area contributed by atoms with Crippen molar-refractivity contribution in [3.8, 4) is 22.7 Å². The number of hydrogen-bond acceptors (Lipinski definition) is 3. The number of aromatic nitrogens is 3. The van der Waals surface area contributed by atoms with Crippen molar-refractivity contribution in [3.63, 3.8) is 0 Å². The molecule has 2 aromatic heterocycles. The van der Waals surface area contributed by atoms with E-state index in [2.05, 4.69) is 4.57 Å². The molecule has 1 aliphatic rings. The molecular formula is C28H22ClN3O3. The van der Waals surface area contributed by atoms with Gasteiger partial charge in [0.2, 0.25) is 0 Å². The van der Waals surface area contributed by atoms with Crippen LogP contribution in [0.1, 0.15) is 22.9 Å². The van der Waals surface area contributed by atoms with E-state index in [0.29, 0.717) is 27.4 Å². The molecule has 0 aliphatic carbocycles. The fraction of sp³-hybridized carbons (Fsp3) is 0.143. The maximum absolute atomic E-state index is 13.7. The van der Waals surface area contributed by atoms with Gasteiger partial charge in [-0.15, -0.1) is 0 Å². The van der Waals surface area contributed by atoms with E-state index < -0.39 is 11.8 Å². The predicted octanol–water partition coefficient (Wildman–Crippen LogP) is 5.14. The Labute approximate surface area is 206 Å². The van der Waals surface area contributed by atoms with Gasteiger partial charge in [-0.2, -0.15) is 0 Å². The van der Waals surface area contributed by atoms with Crippen molar-refractivity contribution in [1.82, 2.24) is 13.7 Å². The summed E-state index contributed by atoms with van der Waals surface area (Å²) >= 11 is 6.36. The highest BCUT2D eigenvalue weighted by Crippen LogP contribution is 2.46. The van der Waals surface area contributed by atoms with Gasteiger partial charge in [0.05, 0.1) is 28.0 Å². The Morgan fingerprint density at radius 2 is 1.63 bits per heavy atom. The number of nitrogens with zero attached hydrogens (tertiary/aromatic N) is 3. The molecule has 6 nitrogen and oxygen atoms in total. The van der Waals surface area contributed by atoms with Crippen molar-refractivity contribution in [3.05, 3.63) is 115 Å². The minimum Gasteiger partial charge on any atom is -0.477 e. The van der Waals surface area contributed by atoms with Gasteiger partial charge in [0, 0.05) is 19.1 Å². The van der Waals surface area contributed by atoms with Crippen molar-refractivity contribution < 1.29 is 4.74 Å². The van der Waals surface area contributed by atoms with E-state index in [1.165, 1.54) is 11.6 Å². The average Bonchev–Trinajstić information content (AvgIpc) is 3.23. The molecule has 0 fully saturated rings. The highest BCUT2D eigenvalue weighted by molar-refractivity contribution is 6.30. The molecule has 0 saturated carbocycles. The van der Waals surface area contributed by atoms with E-state index in [1.54, 1.807) is 7.05 Å². The van der Waals surface area contributed by atoms with Gasteiger partial charge in [0.15, 0.2) is 6.10 Å². The number of aryl methyl sites for hydroxylation is 2. The fourth-order valence-corrected chi connectivity index (χ4v) is 5.19. The van der Waals surface area contributed by atoms with E-state index in [1.807, 2.05) is 79.7 Å². The molecule has 0 bridgehead atoms. The molecule has 35 heavy (non-hydrogen) atoms. The first-order chi connectivity index (χ1) is 16.9. The zero-order chi connectivity index (χ0) is 24.4. The molecule has 3 heterocycles. The Hall–Kier alpha value is -4.03. The number of benzene rings is 3. The van der Waals surface area contributed by atoms with E-state index >= 15 is 0 Å². The van der Waals surface area contributed by atoms with E-state index in [-0.39, 0.29) is 5.56 Å². The predicted molar refractivity (Wildman–Crippen MR) is 138 cm³/mol. The molecule has 0 amide bonds. The van der Waals surface area contributed by atoms with Crippen LogP contribution in [0.3, 0.4) is 0 Å². The molecule has 1 unspecified atom stereocenters. The molecule has 1 aliphatic heterocycles. The minimum atomic E-state index is -0.581. The summed E-state index contributed by atoms with van der Waals surface area (Å²) in [6, 6.07) is 23.3. The quantitative estimate of drug-likeness (QED) is 0.349. The first-order valence-corrected chi connectivity index (χ1v) is 11.7.